The van der Waals surface area contributed by atoms with Crippen molar-refractivity contribution in [1.82, 2.24) is 10.1 Å². The van der Waals surface area contributed by atoms with E-state index in [4.69, 9.17) is 4.52 Å². The lowest BCUT2D eigenvalue weighted by molar-refractivity contribution is 0.392. The highest BCUT2D eigenvalue weighted by Gasteiger charge is 2.13. The fourth-order valence-electron chi connectivity index (χ4n) is 2.45. The van der Waals surface area contributed by atoms with E-state index in [0.717, 1.165) is 29.3 Å². The lowest BCUT2D eigenvalue weighted by atomic mass is 10.2. The molecular weight excluding hydrogens is 226 g/mol. The highest BCUT2D eigenvalue weighted by Crippen LogP contribution is 2.22. The Morgan fingerprint density at radius 3 is 2.94 bits per heavy atom. The molecule has 0 aliphatic heterocycles. The quantitative estimate of drug-likeness (QED) is 0.900. The van der Waals surface area contributed by atoms with Crippen LogP contribution in [0.15, 0.2) is 16.7 Å². The molecular formula is C14H17N3O. The Balaban J connectivity index is 1.74. The van der Waals surface area contributed by atoms with Crippen LogP contribution in [-0.4, -0.2) is 10.1 Å². The van der Waals surface area contributed by atoms with Gasteiger partial charge in [0.1, 0.15) is 11.6 Å². The molecule has 0 saturated heterocycles. The van der Waals surface area contributed by atoms with E-state index in [9.17, 15) is 0 Å². The van der Waals surface area contributed by atoms with E-state index < -0.39 is 0 Å². The Kier molecular flexibility index (Phi) is 2.78. The van der Waals surface area contributed by atoms with Gasteiger partial charge in [-0.15, -0.1) is 0 Å². The summed E-state index contributed by atoms with van der Waals surface area (Å²) in [6.45, 7) is 4.61. The van der Waals surface area contributed by atoms with Crippen molar-refractivity contribution in [2.75, 3.05) is 5.32 Å². The van der Waals surface area contributed by atoms with E-state index in [-0.39, 0.29) is 0 Å². The van der Waals surface area contributed by atoms with Gasteiger partial charge in [-0.25, -0.2) is 4.98 Å². The van der Waals surface area contributed by atoms with E-state index in [1.54, 1.807) is 0 Å². The number of hydrogen-bond acceptors (Lipinski definition) is 4. The van der Waals surface area contributed by atoms with Crippen LogP contribution < -0.4 is 5.32 Å². The van der Waals surface area contributed by atoms with Crippen molar-refractivity contribution in [1.29, 1.82) is 0 Å². The van der Waals surface area contributed by atoms with Gasteiger partial charge in [-0.3, -0.25) is 0 Å². The summed E-state index contributed by atoms with van der Waals surface area (Å²) >= 11 is 0. The third-order valence-electron chi connectivity index (χ3n) is 3.56. The molecule has 0 amide bonds. The van der Waals surface area contributed by atoms with E-state index >= 15 is 0 Å². The Bertz CT molecular complexity index is 555. The number of aryl methyl sites for hydroxylation is 4. The molecule has 0 aromatic carbocycles. The van der Waals surface area contributed by atoms with Crippen LogP contribution in [0.3, 0.4) is 0 Å². The Morgan fingerprint density at radius 1 is 1.28 bits per heavy atom. The second kappa shape index (κ2) is 4.44. The lowest BCUT2D eigenvalue weighted by Crippen LogP contribution is -2.04. The highest BCUT2D eigenvalue weighted by molar-refractivity contribution is 5.41. The zero-order valence-corrected chi connectivity index (χ0v) is 10.8. The lowest BCUT2D eigenvalue weighted by Gasteiger charge is -2.07. The third kappa shape index (κ3) is 1.98. The standard InChI is InChI=1S/C14H17N3O/c1-9-12(10(2)18-17-9)8-15-14-7-6-11-4-3-5-13(11)16-14/h6-7H,3-5,8H2,1-2H3,(H,15,16). The van der Waals surface area contributed by atoms with Crippen LogP contribution in [0.4, 0.5) is 5.82 Å². The zero-order chi connectivity index (χ0) is 12.5. The first-order valence-corrected chi connectivity index (χ1v) is 6.38. The predicted octanol–water partition coefficient (Wildman–Crippen LogP) is 2.79. The Hall–Kier alpha value is -1.84. The van der Waals surface area contributed by atoms with Gasteiger partial charge in [0.2, 0.25) is 0 Å². The molecule has 2 aromatic rings. The minimum absolute atomic E-state index is 0.715. The van der Waals surface area contributed by atoms with E-state index in [1.165, 1.54) is 24.1 Å². The average molecular weight is 243 g/mol. The summed E-state index contributed by atoms with van der Waals surface area (Å²) in [5.74, 6) is 1.82. The topological polar surface area (TPSA) is 51.0 Å². The number of rotatable bonds is 3. The van der Waals surface area contributed by atoms with Gasteiger partial charge in [0.25, 0.3) is 0 Å². The van der Waals surface area contributed by atoms with Crippen molar-refractivity contribution in [2.45, 2.75) is 39.7 Å². The van der Waals surface area contributed by atoms with Crippen molar-refractivity contribution in [2.24, 2.45) is 0 Å². The summed E-state index contributed by atoms with van der Waals surface area (Å²) in [7, 11) is 0. The maximum absolute atomic E-state index is 5.15. The average Bonchev–Trinajstić information content (AvgIpc) is 2.94. The van der Waals surface area contributed by atoms with Crippen LogP contribution >= 0.6 is 0 Å². The summed E-state index contributed by atoms with van der Waals surface area (Å²) < 4.78 is 5.15. The van der Waals surface area contributed by atoms with Gasteiger partial charge in [0, 0.05) is 17.8 Å². The van der Waals surface area contributed by atoms with Gasteiger partial charge in [0.05, 0.1) is 5.69 Å². The molecule has 94 valence electrons. The highest BCUT2D eigenvalue weighted by atomic mass is 16.5. The van der Waals surface area contributed by atoms with Crippen LogP contribution in [-0.2, 0) is 19.4 Å². The largest absolute Gasteiger partial charge is 0.366 e. The van der Waals surface area contributed by atoms with Crippen molar-refractivity contribution < 1.29 is 4.52 Å². The molecule has 0 spiro atoms. The molecule has 2 aromatic heterocycles. The van der Waals surface area contributed by atoms with Crippen molar-refractivity contribution in [3.63, 3.8) is 0 Å². The first-order valence-electron chi connectivity index (χ1n) is 6.38. The molecule has 1 aliphatic rings. The van der Waals surface area contributed by atoms with Crippen LogP contribution in [0, 0.1) is 13.8 Å². The van der Waals surface area contributed by atoms with Gasteiger partial charge < -0.3 is 9.84 Å². The van der Waals surface area contributed by atoms with Gasteiger partial charge in [-0.05, 0) is 44.7 Å². The van der Waals surface area contributed by atoms with Gasteiger partial charge >= 0.3 is 0 Å². The molecule has 0 saturated carbocycles. The molecule has 3 rings (SSSR count). The number of hydrogen-bond donors (Lipinski definition) is 1. The molecule has 4 nitrogen and oxygen atoms in total. The first-order chi connectivity index (χ1) is 8.74. The first kappa shape index (κ1) is 11.3. The zero-order valence-electron chi connectivity index (χ0n) is 10.8. The molecule has 1 aliphatic carbocycles. The van der Waals surface area contributed by atoms with Crippen molar-refractivity contribution in [3.05, 3.63) is 40.4 Å². The summed E-state index contributed by atoms with van der Waals surface area (Å²) in [6.07, 6.45) is 3.51. The number of nitrogens with zero attached hydrogens (tertiary/aromatic N) is 2. The number of pyridine rings is 1. The minimum Gasteiger partial charge on any atom is -0.366 e. The van der Waals surface area contributed by atoms with Crippen molar-refractivity contribution in [3.8, 4) is 0 Å². The molecule has 0 atom stereocenters. The number of fused-ring (bicyclic) bond motifs is 1. The molecule has 0 bridgehead atoms. The molecule has 2 heterocycles. The smallest absolute Gasteiger partial charge is 0.138 e. The maximum atomic E-state index is 5.15. The van der Waals surface area contributed by atoms with Crippen molar-refractivity contribution >= 4 is 5.82 Å². The second-order valence-corrected chi connectivity index (χ2v) is 4.81. The van der Waals surface area contributed by atoms with Gasteiger partial charge in [-0.2, -0.15) is 0 Å². The summed E-state index contributed by atoms with van der Waals surface area (Å²) in [5, 5.41) is 7.30. The SMILES string of the molecule is Cc1noc(C)c1CNc1ccc2c(n1)CCC2. The number of nitrogens with one attached hydrogen (secondary N) is 1. The minimum atomic E-state index is 0.715. The number of anilines is 1. The fraction of sp³-hybridized carbons (Fsp3) is 0.429. The van der Waals surface area contributed by atoms with E-state index in [2.05, 4.69) is 27.6 Å². The molecule has 0 fully saturated rings. The summed E-state index contributed by atoms with van der Waals surface area (Å²) in [5.41, 5.74) is 4.72. The molecule has 4 heteroatoms. The maximum Gasteiger partial charge on any atom is 0.138 e. The molecule has 18 heavy (non-hydrogen) atoms. The number of aromatic nitrogens is 2. The van der Waals surface area contributed by atoms with Gasteiger partial charge in [0.15, 0.2) is 0 Å². The Morgan fingerprint density at radius 2 is 2.17 bits per heavy atom. The fourth-order valence-corrected chi connectivity index (χ4v) is 2.45. The molecule has 1 N–H and O–H groups in total. The van der Waals surface area contributed by atoms with Crippen LogP contribution in [0.25, 0.3) is 0 Å². The predicted molar refractivity (Wildman–Crippen MR) is 69.6 cm³/mol. The third-order valence-corrected chi connectivity index (χ3v) is 3.56. The van der Waals surface area contributed by atoms with E-state index in [0.29, 0.717) is 6.54 Å². The molecule has 0 unspecified atom stereocenters. The summed E-state index contributed by atoms with van der Waals surface area (Å²) in [6, 6.07) is 4.24. The van der Waals surface area contributed by atoms with Crippen LogP contribution in [0.5, 0.6) is 0 Å². The summed E-state index contributed by atoms with van der Waals surface area (Å²) in [4.78, 5) is 4.65. The van der Waals surface area contributed by atoms with Gasteiger partial charge in [-0.1, -0.05) is 11.2 Å². The normalized spacial score (nSPS) is 13.7. The Labute approximate surface area is 106 Å². The van der Waals surface area contributed by atoms with Crippen LogP contribution in [0.2, 0.25) is 0 Å². The van der Waals surface area contributed by atoms with E-state index in [1.807, 2.05) is 13.8 Å². The monoisotopic (exact) mass is 243 g/mol. The molecule has 0 radical (unpaired) electrons. The second-order valence-electron chi connectivity index (χ2n) is 4.81. The van der Waals surface area contributed by atoms with Crippen LogP contribution in [0.1, 0.15) is 34.7 Å².